The van der Waals surface area contributed by atoms with Gasteiger partial charge in [-0.25, -0.2) is 9.97 Å². The highest BCUT2D eigenvalue weighted by molar-refractivity contribution is 7.83. The molecule has 14 heteroatoms. The molecule has 0 unspecified atom stereocenters. The number of carbonyl (C=O) groups is 1. The molecule has 4 N–H and O–H groups in total. The van der Waals surface area contributed by atoms with Crippen LogP contribution in [-0.2, 0) is 21.6 Å². The Morgan fingerprint density at radius 3 is 2.97 bits per heavy atom. The highest BCUT2D eigenvalue weighted by Gasteiger charge is 2.35. The third kappa shape index (κ3) is 5.33. The molecule has 191 valence electrons. The molecule has 1 saturated carbocycles. The number of hydrogen-bond donors (Lipinski definition) is 4. The first-order chi connectivity index (χ1) is 17.2. The number of nitrogens with one attached hydrogen (secondary N) is 2. The van der Waals surface area contributed by atoms with E-state index >= 15 is 0 Å². The zero-order valence-corrected chi connectivity index (χ0v) is 20.9. The fraction of sp³-hybridized carbons (Fsp3) is 0.409. The molecule has 2 aliphatic rings. The van der Waals surface area contributed by atoms with Gasteiger partial charge in [0.2, 0.25) is 5.78 Å². The SMILES string of the molecule is Cc1cc2n(n1)CCO[C@@H]2c1csc(C(=O)c2cncnc2N[C@H]2C[C@H](O)[C@@H]([CH]NS(=O)(=O)O)C2)c1. The van der Waals surface area contributed by atoms with E-state index in [-0.39, 0.29) is 23.5 Å². The maximum atomic E-state index is 13.4. The zero-order valence-electron chi connectivity index (χ0n) is 19.2. The summed E-state index contributed by atoms with van der Waals surface area (Å²) in [4.78, 5) is 22.2. The van der Waals surface area contributed by atoms with Crippen molar-refractivity contribution in [2.45, 2.75) is 44.6 Å². The minimum atomic E-state index is -4.40. The van der Waals surface area contributed by atoms with Crippen LogP contribution in [0.25, 0.3) is 0 Å². The minimum Gasteiger partial charge on any atom is -0.393 e. The van der Waals surface area contributed by atoms with Crippen molar-refractivity contribution in [2.75, 3.05) is 11.9 Å². The molecule has 0 bridgehead atoms. The lowest BCUT2D eigenvalue weighted by molar-refractivity contribution is 0.0424. The highest BCUT2D eigenvalue weighted by atomic mass is 32.2. The topological polar surface area (TPSA) is 169 Å². The fourth-order valence-electron chi connectivity index (χ4n) is 4.63. The van der Waals surface area contributed by atoms with Crippen LogP contribution >= 0.6 is 11.3 Å². The molecule has 4 atom stereocenters. The average Bonchev–Trinajstić information content (AvgIpc) is 3.54. The summed E-state index contributed by atoms with van der Waals surface area (Å²) >= 11 is 1.31. The van der Waals surface area contributed by atoms with Crippen LogP contribution in [0.15, 0.2) is 30.0 Å². The Labute approximate surface area is 211 Å². The van der Waals surface area contributed by atoms with Crippen molar-refractivity contribution < 1.29 is 27.6 Å². The van der Waals surface area contributed by atoms with Crippen LogP contribution in [0, 0.1) is 19.4 Å². The van der Waals surface area contributed by atoms with Crippen LogP contribution in [-0.4, -0.2) is 62.4 Å². The van der Waals surface area contributed by atoms with Crippen LogP contribution in [0.5, 0.6) is 0 Å². The normalized spacial score (nSPS) is 24.0. The number of thiophene rings is 1. The van der Waals surface area contributed by atoms with Crippen molar-refractivity contribution in [1.29, 1.82) is 0 Å². The van der Waals surface area contributed by atoms with E-state index in [1.165, 1.54) is 23.9 Å². The quantitative estimate of drug-likeness (QED) is 0.246. The van der Waals surface area contributed by atoms with Gasteiger partial charge in [0.05, 0.1) is 41.1 Å². The molecule has 1 radical (unpaired) electrons. The van der Waals surface area contributed by atoms with Crippen molar-refractivity contribution in [3.63, 3.8) is 0 Å². The number of aliphatic hydroxyl groups excluding tert-OH is 1. The summed E-state index contributed by atoms with van der Waals surface area (Å²) in [5, 5.41) is 19.9. The van der Waals surface area contributed by atoms with Crippen molar-refractivity contribution in [2.24, 2.45) is 5.92 Å². The molecular formula is C22H25N6O6S2. The van der Waals surface area contributed by atoms with E-state index in [0.717, 1.165) is 23.5 Å². The predicted octanol–water partition coefficient (Wildman–Crippen LogP) is 1.50. The van der Waals surface area contributed by atoms with E-state index < -0.39 is 22.3 Å². The summed E-state index contributed by atoms with van der Waals surface area (Å²) < 4.78 is 40.6. The van der Waals surface area contributed by atoms with E-state index in [4.69, 9.17) is 9.29 Å². The second kappa shape index (κ2) is 9.95. The molecule has 0 spiro atoms. The third-order valence-corrected chi connectivity index (χ3v) is 7.62. The first-order valence-corrected chi connectivity index (χ1v) is 13.6. The second-order valence-electron chi connectivity index (χ2n) is 8.85. The predicted molar refractivity (Wildman–Crippen MR) is 130 cm³/mol. The largest absolute Gasteiger partial charge is 0.393 e. The Morgan fingerprint density at radius 1 is 1.33 bits per heavy atom. The maximum Gasteiger partial charge on any atom is 0.333 e. The number of nitrogens with zero attached hydrogens (tertiary/aromatic N) is 4. The second-order valence-corrected chi connectivity index (χ2v) is 10.9. The molecule has 1 fully saturated rings. The van der Waals surface area contributed by atoms with E-state index in [2.05, 4.69) is 20.4 Å². The van der Waals surface area contributed by atoms with Crippen molar-refractivity contribution in [1.82, 2.24) is 24.5 Å². The van der Waals surface area contributed by atoms with Crippen LogP contribution in [0.3, 0.4) is 0 Å². The summed E-state index contributed by atoms with van der Waals surface area (Å²) in [5.41, 5.74) is 3.03. The minimum absolute atomic E-state index is 0.246. The van der Waals surface area contributed by atoms with Gasteiger partial charge in [0.1, 0.15) is 18.2 Å². The number of carbonyl (C=O) groups excluding carboxylic acids is 1. The molecule has 5 rings (SSSR count). The lowest BCUT2D eigenvalue weighted by atomic mass is 10.1. The zero-order chi connectivity index (χ0) is 25.4. The number of aryl methyl sites for hydroxylation is 1. The van der Waals surface area contributed by atoms with Gasteiger partial charge < -0.3 is 15.2 Å². The number of fused-ring (bicyclic) bond motifs is 1. The van der Waals surface area contributed by atoms with Crippen LogP contribution in [0.2, 0.25) is 0 Å². The Morgan fingerprint density at radius 2 is 2.17 bits per heavy atom. The lowest BCUT2D eigenvalue weighted by Crippen LogP contribution is -2.27. The van der Waals surface area contributed by atoms with Gasteiger partial charge in [-0.1, -0.05) is 0 Å². The van der Waals surface area contributed by atoms with Gasteiger partial charge in [-0.2, -0.15) is 18.2 Å². The number of anilines is 1. The van der Waals surface area contributed by atoms with Gasteiger partial charge in [-0.15, -0.1) is 11.3 Å². The lowest BCUT2D eigenvalue weighted by Gasteiger charge is -2.23. The number of ether oxygens (including phenoxy) is 1. The average molecular weight is 534 g/mol. The number of ketones is 1. The van der Waals surface area contributed by atoms with Gasteiger partial charge in [0.15, 0.2) is 0 Å². The fourth-order valence-corrected chi connectivity index (χ4v) is 5.85. The molecule has 36 heavy (non-hydrogen) atoms. The Hall–Kier alpha value is -2.75. The summed E-state index contributed by atoms with van der Waals surface area (Å²) in [5.74, 6) is -0.435. The molecule has 1 aliphatic heterocycles. The van der Waals surface area contributed by atoms with Gasteiger partial charge in [-0.3, -0.25) is 14.0 Å². The van der Waals surface area contributed by atoms with Gasteiger partial charge in [0.25, 0.3) is 0 Å². The Kier molecular flexibility index (Phi) is 6.89. The molecule has 3 aromatic rings. The molecule has 0 amide bonds. The first-order valence-electron chi connectivity index (χ1n) is 11.3. The number of aromatic nitrogens is 4. The van der Waals surface area contributed by atoms with Crippen LogP contribution < -0.4 is 10.0 Å². The van der Waals surface area contributed by atoms with E-state index in [9.17, 15) is 18.3 Å². The summed E-state index contributed by atoms with van der Waals surface area (Å²) in [6, 6.07) is 3.53. The molecular weight excluding hydrogens is 508 g/mol. The maximum absolute atomic E-state index is 13.4. The Bertz CT molecular complexity index is 1370. The number of hydrogen-bond acceptors (Lipinski definition) is 10. The van der Waals surface area contributed by atoms with E-state index in [1.54, 1.807) is 0 Å². The number of aliphatic hydroxyl groups is 1. The van der Waals surface area contributed by atoms with Gasteiger partial charge in [-0.05, 0) is 42.8 Å². The Balaban J connectivity index is 1.31. The smallest absolute Gasteiger partial charge is 0.333 e. The molecule has 3 aromatic heterocycles. The molecule has 4 heterocycles. The van der Waals surface area contributed by atoms with Crippen LogP contribution in [0.1, 0.15) is 51.1 Å². The van der Waals surface area contributed by atoms with Crippen molar-refractivity contribution in [3.05, 3.63) is 64.0 Å². The molecule has 0 saturated heterocycles. The summed E-state index contributed by atoms with van der Waals surface area (Å²) in [6.07, 6.45) is 2.32. The van der Waals surface area contributed by atoms with E-state index in [0.29, 0.717) is 36.7 Å². The monoisotopic (exact) mass is 533 g/mol. The van der Waals surface area contributed by atoms with E-state index in [1.807, 2.05) is 33.8 Å². The van der Waals surface area contributed by atoms with Crippen LogP contribution in [0.4, 0.5) is 5.82 Å². The number of rotatable bonds is 8. The highest BCUT2D eigenvalue weighted by Crippen LogP contribution is 2.34. The van der Waals surface area contributed by atoms with Crippen molar-refractivity contribution in [3.8, 4) is 0 Å². The molecule has 1 aliphatic carbocycles. The van der Waals surface area contributed by atoms with Gasteiger partial charge in [0, 0.05) is 24.7 Å². The molecule has 12 nitrogen and oxygen atoms in total. The summed E-state index contributed by atoms with van der Waals surface area (Å²) in [7, 11) is -4.40. The molecule has 0 aromatic carbocycles. The van der Waals surface area contributed by atoms with Crippen molar-refractivity contribution >= 4 is 33.2 Å². The summed E-state index contributed by atoms with van der Waals surface area (Å²) in [6.45, 7) is 4.31. The standard InChI is InChI=1S/C22H25N6O6S2/c1-12-4-17-21(34-3-2-28(17)27-12)14-6-19(35-10-14)20(30)16-9-23-11-24-22(16)26-15-5-13(18(29)7-15)8-25-36(31,32)33/h4,6,8-11,13,15,18,21,25,29H,2-3,5,7H2,1H3,(H,23,24,26)(H,31,32,33)/t13-,15-,18+,21-/m1/s1. The first kappa shape index (κ1) is 24.9. The third-order valence-electron chi connectivity index (χ3n) is 6.24. The van der Waals surface area contributed by atoms with Gasteiger partial charge >= 0.3 is 10.3 Å².